The Kier molecular flexibility index (Phi) is 6.00. The highest BCUT2D eigenvalue weighted by Crippen LogP contribution is 2.26. The third kappa shape index (κ3) is 4.97. The monoisotopic (exact) mass is 341 g/mol. The number of rotatable bonds is 6. The largest absolute Gasteiger partial charge is 0.471 e. The van der Waals surface area contributed by atoms with E-state index >= 15 is 0 Å². The zero-order valence-electron chi connectivity index (χ0n) is 14.6. The van der Waals surface area contributed by atoms with Crippen molar-refractivity contribution in [2.75, 3.05) is 5.32 Å². The van der Waals surface area contributed by atoms with Crippen LogP contribution in [0.1, 0.15) is 42.6 Å². The van der Waals surface area contributed by atoms with Crippen LogP contribution in [-0.2, 0) is 0 Å². The van der Waals surface area contributed by atoms with Gasteiger partial charge in [-0.2, -0.15) is 0 Å². The van der Waals surface area contributed by atoms with Gasteiger partial charge < -0.3 is 21.1 Å². The third-order valence-electron chi connectivity index (χ3n) is 3.62. The van der Waals surface area contributed by atoms with Crippen LogP contribution in [0.4, 0.5) is 10.5 Å². The van der Waals surface area contributed by atoms with Gasteiger partial charge in [0.2, 0.25) is 0 Å². The molecule has 0 saturated heterocycles. The van der Waals surface area contributed by atoms with E-state index < -0.39 is 18.2 Å². The second-order valence-electron chi connectivity index (χ2n) is 5.96. The molecule has 6 heteroatoms. The van der Waals surface area contributed by atoms with Crippen molar-refractivity contribution < 1.29 is 14.3 Å². The molecule has 6 nitrogen and oxygen atoms in total. The molecular weight excluding hydrogens is 318 g/mol. The van der Waals surface area contributed by atoms with E-state index in [9.17, 15) is 9.59 Å². The third-order valence-corrected chi connectivity index (χ3v) is 3.62. The highest BCUT2D eigenvalue weighted by molar-refractivity contribution is 6.02. The molecule has 0 aliphatic carbocycles. The highest BCUT2D eigenvalue weighted by Gasteiger charge is 2.14. The van der Waals surface area contributed by atoms with Crippen LogP contribution in [0.2, 0.25) is 0 Å². The lowest BCUT2D eigenvalue weighted by Crippen LogP contribution is -2.40. The first kappa shape index (κ1) is 18.3. The lowest BCUT2D eigenvalue weighted by molar-refractivity contribution is 0.100. The van der Waals surface area contributed by atoms with Crippen LogP contribution in [0.15, 0.2) is 48.5 Å². The molecule has 0 spiro atoms. The summed E-state index contributed by atoms with van der Waals surface area (Å²) in [5, 5.41) is 5.30. The summed E-state index contributed by atoms with van der Waals surface area (Å²) >= 11 is 0. The van der Waals surface area contributed by atoms with Crippen LogP contribution in [0.25, 0.3) is 0 Å². The van der Waals surface area contributed by atoms with Gasteiger partial charge in [-0.25, -0.2) is 4.79 Å². The first-order valence-corrected chi connectivity index (χ1v) is 8.10. The molecule has 1 unspecified atom stereocenters. The molecule has 0 fully saturated rings. The summed E-state index contributed by atoms with van der Waals surface area (Å²) in [7, 11) is 0. The average Bonchev–Trinajstić information content (AvgIpc) is 2.55. The molecule has 0 bridgehead atoms. The fourth-order valence-corrected chi connectivity index (χ4v) is 2.43. The van der Waals surface area contributed by atoms with Gasteiger partial charge in [-0.3, -0.25) is 4.79 Å². The predicted octanol–water partition coefficient (Wildman–Crippen LogP) is 3.46. The summed E-state index contributed by atoms with van der Waals surface area (Å²) in [6.07, 6.45) is -0.555. The first-order chi connectivity index (χ1) is 11.9. The molecule has 1 atom stereocenters. The second kappa shape index (κ2) is 8.19. The van der Waals surface area contributed by atoms with Gasteiger partial charge in [-0.15, -0.1) is 0 Å². The van der Waals surface area contributed by atoms with Gasteiger partial charge in [0.25, 0.3) is 5.91 Å². The lowest BCUT2D eigenvalue weighted by Gasteiger charge is -2.20. The van der Waals surface area contributed by atoms with Crippen LogP contribution in [0.5, 0.6) is 5.75 Å². The van der Waals surface area contributed by atoms with Crippen molar-refractivity contribution in [3.8, 4) is 5.75 Å². The van der Waals surface area contributed by atoms with E-state index in [1.807, 2.05) is 24.3 Å². The Morgan fingerprint density at radius 3 is 2.32 bits per heavy atom. The number of urea groups is 1. The Bertz CT molecular complexity index is 759. The smallest absolute Gasteiger partial charge is 0.322 e. The fraction of sp³-hybridized carbons (Fsp3) is 0.263. The minimum absolute atomic E-state index is 0.247. The quantitative estimate of drug-likeness (QED) is 0.702. The van der Waals surface area contributed by atoms with Crippen molar-refractivity contribution in [3.63, 3.8) is 0 Å². The Hall–Kier alpha value is -3.02. The zero-order valence-corrected chi connectivity index (χ0v) is 14.6. The van der Waals surface area contributed by atoms with Crippen LogP contribution >= 0.6 is 0 Å². The molecule has 0 aliphatic rings. The summed E-state index contributed by atoms with van der Waals surface area (Å²) in [6.45, 7) is 5.89. The number of carbonyl (C=O) groups is 2. The number of anilines is 1. The first-order valence-electron chi connectivity index (χ1n) is 8.10. The summed E-state index contributed by atoms with van der Waals surface area (Å²) in [5.74, 6) is 0.425. The lowest BCUT2D eigenvalue weighted by atomic mass is 10.0. The number of carbonyl (C=O) groups excluding carboxylic acids is 2. The van der Waals surface area contributed by atoms with E-state index in [0.29, 0.717) is 11.6 Å². The maximum atomic E-state index is 12.2. The second-order valence-corrected chi connectivity index (χ2v) is 5.96. The molecule has 2 rings (SSSR count). The minimum atomic E-state index is -0.606. The summed E-state index contributed by atoms with van der Waals surface area (Å²) < 4.78 is 5.83. The van der Waals surface area contributed by atoms with E-state index in [1.165, 1.54) is 0 Å². The molecule has 0 aromatic heterocycles. The van der Waals surface area contributed by atoms with E-state index in [-0.39, 0.29) is 5.56 Å². The van der Waals surface area contributed by atoms with Crippen molar-refractivity contribution in [2.24, 2.45) is 5.73 Å². The number of hydrogen-bond acceptors (Lipinski definition) is 3. The topological polar surface area (TPSA) is 93.5 Å². The molecule has 0 aliphatic heterocycles. The SMILES string of the molecule is CC(NC(=O)Nc1ccccc1C(N)=O)Oc1ccccc1C(C)C. The van der Waals surface area contributed by atoms with Gasteiger partial charge in [0.15, 0.2) is 6.23 Å². The van der Waals surface area contributed by atoms with Gasteiger partial charge in [-0.05, 0) is 36.6 Å². The van der Waals surface area contributed by atoms with E-state index in [1.54, 1.807) is 31.2 Å². The number of ether oxygens (including phenoxy) is 1. The van der Waals surface area contributed by atoms with E-state index in [0.717, 1.165) is 11.3 Å². The van der Waals surface area contributed by atoms with Crippen molar-refractivity contribution >= 4 is 17.6 Å². The average molecular weight is 341 g/mol. The molecule has 0 heterocycles. The Morgan fingerprint density at radius 1 is 1.00 bits per heavy atom. The molecule has 2 aromatic carbocycles. The number of hydrogen-bond donors (Lipinski definition) is 3. The maximum Gasteiger partial charge on any atom is 0.322 e. The molecule has 0 saturated carbocycles. The van der Waals surface area contributed by atoms with Crippen LogP contribution in [-0.4, -0.2) is 18.2 Å². The molecule has 2 aromatic rings. The van der Waals surface area contributed by atoms with Crippen LogP contribution in [0.3, 0.4) is 0 Å². The fourth-order valence-electron chi connectivity index (χ4n) is 2.43. The number of nitrogens with two attached hydrogens (primary N) is 1. The van der Waals surface area contributed by atoms with Gasteiger partial charge in [-0.1, -0.05) is 44.2 Å². The molecule has 25 heavy (non-hydrogen) atoms. The Morgan fingerprint density at radius 2 is 1.64 bits per heavy atom. The standard InChI is InChI=1S/C19H23N3O3/c1-12(2)14-8-5-7-11-17(14)25-13(3)21-19(24)22-16-10-6-4-9-15(16)18(20)23/h4-13H,1-3H3,(H2,20,23)(H2,21,22,24). The normalized spacial score (nSPS) is 11.7. The van der Waals surface area contributed by atoms with Gasteiger partial charge >= 0.3 is 6.03 Å². The van der Waals surface area contributed by atoms with Gasteiger partial charge in [0, 0.05) is 0 Å². The van der Waals surface area contributed by atoms with Crippen LogP contribution < -0.4 is 21.1 Å². The maximum absolute atomic E-state index is 12.2. The molecule has 132 valence electrons. The Balaban J connectivity index is 2.01. The van der Waals surface area contributed by atoms with Crippen molar-refractivity contribution in [3.05, 3.63) is 59.7 Å². The van der Waals surface area contributed by atoms with E-state index in [4.69, 9.17) is 10.5 Å². The number of para-hydroxylation sites is 2. The number of primary amides is 1. The number of benzene rings is 2. The predicted molar refractivity (Wildman–Crippen MR) is 97.7 cm³/mol. The van der Waals surface area contributed by atoms with Crippen molar-refractivity contribution in [2.45, 2.75) is 32.9 Å². The summed E-state index contributed by atoms with van der Waals surface area (Å²) in [6, 6.07) is 13.8. The Labute approximate surface area is 147 Å². The highest BCUT2D eigenvalue weighted by atomic mass is 16.5. The van der Waals surface area contributed by atoms with Gasteiger partial charge in [0.05, 0.1) is 11.3 Å². The molecule has 3 amide bonds. The van der Waals surface area contributed by atoms with Crippen LogP contribution in [0, 0.1) is 0 Å². The molecule has 4 N–H and O–H groups in total. The number of amides is 3. The van der Waals surface area contributed by atoms with Crippen molar-refractivity contribution in [1.82, 2.24) is 5.32 Å². The molecule has 0 radical (unpaired) electrons. The zero-order chi connectivity index (χ0) is 18.4. The van der Waals surface area contributed by atoms with Gasteiger partial charge in [0.1, 0.15) is 5.75 Å². The minimum Gasteiger partial charge on any atom is -0.471 e. The van der Waals surface area contributed by atoms with Crippen molar-refractivity contribution in [1.29, 1.82) is 0 Å². The molecular formula is C19H23N3O3. The summed E-state index contributed by atoms with van der Waals surface area (Å²) in [4.78, 5) is 23.5. The number of nitrogens with one attached hydrogen (secondary N) is 2. The summed E-state index contributed by atoms with van der Waals surface area (Å²) in [5.41, 5.74) is 6.96. The van der Waals surface area contributed by atoms with E-state index in [2.05, 4.69) is 24.5 Å².